The van der Waals surface area contributed by atoms with Crippen molar-refractivity contribution in [1.29, 1.82) is 0 Å². The number of nitrogens with one attached hydrogen (secondary N) is 1. The molecule has 0 saturated carbocycles. The molecule has 10 heavy (non-hydrogen) atoms. The Kier molecular flexibility index (Phi) is 2.49. The van der Waals surface area contributed by atoms with Crippen molar-refractivity contribution in [2.24, 2.45) is 0 Å². The van der Waals surface area contributed by atoms with E-state index in [-0.39, 0.29) is 0 Å². The van der Waals surface area contributed by atoms with Gasteiger partial charge in [-0.15, -0.1) is 0 Å². The van der Waals surface area contributed by atoms with Crippen LogP contribution >= 0.6 is 0 Å². The molecule has 0 aliphatic carbocycles. The number of rotatable bonds is 1. The van der Waals surface area contributed by atoms with Gasteiger partial charge in [0.05, 0.1) is 0 Å². The van der Waals surface area contributed by atoms with Crippen LogP contribution < -0.4 is 5.32 Å². The van der Waals surface area contributed by atoms with Gasteiger partial charge in [-0.1, -0.05) is 0 Å². The van der Waals surface area contributed by atoms with E-state index in [0.29, 0.717) is 0 Å². The van der Waals surface area contributed by atoms with E-state index < -0.39 is 18.4 Å². The van der Waals surface area contributed by atoms with Gasteiger partial charge < -0.3 is 0 Å². The monoisotopic (exact) mass is 249 g/mol. The van der Waals surface area contributed by atoms with Gasteiger partial charge in [0.2, 0.25) is 0 Å². The molecule has 2 nitrogen and oxygen atoms in total. The van der Waals surface area contributed by atoms with Crippen LogP contribution in [0, 0.1) is 0 Å². The van der Waals surface area contributed by atoms with E-state index in [4.69, 9.17) is 4.74 Å². The Bertz CT molecular complexity index is 148. The van der Waals surface area contributed by atoms with Crippen LogP contribution in [0.1, 0.15) is 0 Å². The predicted octanol–water partition coefficient (Wildman–Crippen LogP) is 1.32. The van der Waals surface area contributed by atoms with Crippen LogP contribution in [0.15, 0.2) is 9.98 Å². The normalized spacial score (nSPS) is 18.9. The Balaban J connectivity index is 2.62. The topological polar surface area (TPSA) is 21.3 Å². The summed E-state index contributed by atoms with van der Waals surface area (Å²) in [6.45, 7) is 1.81. The molecule has 1 heterocycles. The molecule has 1 aliphatic heterocycles. The summed E-state index contributed by atoms with van der Waals surface area (Å²) >= 11 is -1.86. The third-order valence-corrected chi connectivity index (χ3v) is 6.52. The predicted molar refractivity (Wildman–Crippen MR) is 45.4 cm³/mol. The fourth-order valence-corrected chi connectivity index (χ4v) is 3.91. The van der Waals surface area contributed by atoms with Gasteiger partial charge in [-0.05, 0) is 0 Å². The van der Waals surface area contributed by atoms with Gasteiger partial charge in [0.1, 0.15) is 0 Å². The Morgan fingerprint density at radius 1 is 1.50 bits per heavy atom. The summed E-state index contributed by atoms with van der Waals surface area (Å²) < 4.78 is 6.80. The van der Waals surface area contributed by atoms with Gasteiger partial charge in [-0.3, -0.25) is 0 Å². The van der Waals surface area contributed by atoms with Gasteiger partial charge in [0.25, 0.3) is 0 Å². The van der Waals surface area contributed by atoms with Gasteiger partial charge in [0, 0.05) is 0 Å². The van der Waals surface area contributed by atoms with Crippen molar-refractivity contribution in [3.05, 3.63) is 9.98 Å². The van der Waals surface area contributed by atoms with Crippen LogP contribution in [-0.2, 0) is 4.74 Å². The molecule has 0 aromatic heterocycles. The van der Waals surface area contributed by atoms with E-state index in [1.165, 1.54) is 3.78 Å². The molecule has 0 atom stereocenters. The summed E-state index contributed by atoms with van der Waals surface area (Å²) in [6, 6.07) is 0. The summed E-state index contributed by atoms with van der Waals surface area (Å²) in [6.07, 6.45) is 2.06. The molecular weight excluding hydrogens is 233 g/mol. The van der Waals surface area contributed by atoms with Crippen molar-refractivity contribution in [2.75, 3.05) is 13.2 Å². The Morgan fingerprint density at radius 2 is 2.20 bits per heavy atom. The molecule has 1 N–H and O–H groups in total. The standard InChI is InChI=1S/C4H6NO.3CH3.Sn/c1-3-6-4-2-5-1;;;;/h1,5H,2,4H2;3*1H3;. The van der Waals surface area contributed by atoms with Gasteiger partial charge in [-0.2, -0.15) is 0 Å². The van der Waals surface area contributed by atoms with Crippen molar-refractivity contribution in [3.63, 3.8) is 0 Å². The van der Waals surface area contributed by atoms with Crippen LogP contribution in [0.5, 0.6) is 0 Å². The van der Waals surface area contributed by atoms with E-state index in [9.17, 15) is 0 Å². The fourth-order valence-electron chi connectivity index (χ4n) is 0.859. The zero-order chi connectivity index (χ0) is 7.61. The molecule has 0 aromatic carbocycles. The maximum absolute atomic E-state index is 5.53. The molecule has 0 spiro atoms. The molecule has 0 saturated heterocycles. The number of ether oxygens (including phenoxy) is 1. The van der Waals surface area contributed by atoms with Crippen molar-refractivity contribution in [2.45, 2.75) is 14.8 Å². The molecule has 0 fully saturated rings. The van der Waals surface area contributed by atoms with Crippen molar-refractivity contribution in [1.82, 2.24) is 5.32 Å². The molecule has 0 radical (unpaired) electrons. The minimum atomic E-state index is -1.86. The molecule has 3 heteroatoms. The second-order valence-corrected chi connectivity index (χ2v) is 17.8. The van der Waals surface area contributed by atoms with Crippen molar-refractivity contribution >= 4 is 18.4 Å². The summed E-state index contributed by atoms with van der Waals surface area (Å²) in [4.78, 5) is 7.06. The Labute approximate surface area is 66.5 Å². The van der Waals surface area contributed by atoms with Crippen LogP contribution in [0.3, 0.4) is 0 Å². The fraction of sp³-hybridized carbons (Fsp3) is 0.714. The molecular formula is C7H15NOSn. The molecule has 0 unspecified atom stereocenters. The third kappa shape index (κ3) is 2.07. The number of hydrogen-bond acceptors (Lipinski definition) is 2. The number of hydrogen-bond donors (Lipinski definition) is 1. The van der Waals surface area contributed by atoms with Crippen LogP contribution in [0.4, 0.5) is 0 Å². The van der Waals surface area contributed by atoms with Gasteiger partial charge in [-0.25, -0.2) is 0 Å². The first-order valence-corrected chi connectivity index (χ1v) is 13.7. The van der Waals surface area contributed by atoms with Gasteiger partial charge >= 0.3 is 66.4 Å². The SMILES string of the molecule is [CH3][Sn]([CH3])([CH3])[C]1=CNCCO1. The quantitative estimate of drug-likeness (QED) is 0.706. The minimum absolute atomic E-state index is 0.847. The van der Waals surface area contributed by atoms with Crippen LogP contribution in [0.2, 0.25) is 14.8 Å². The summed E-state index contributed by atoms with van der Waals surface area (Å²) in [5.41, 5.74) is 0. The van der Waals surface area contributed by atoms with Crippen molar-refractivity contribution < 1.29 is 4.74 Å². The van der Waals surface area contributed by atoms with Crippen LogP contribution in [0.25, 0.3) is 0 Å². The average molecular weight is 248 g/mol. The Morgan fingerprint density at radius 3 is 2.50 bits per heavy atom. The second kappa shape index (κ2) is 3.03. The van der Waals surface area contributed by atoms with E-state index in [2.05, 4.69) is 26.3 Å². The molecule has 0 aromatic rings. The first-order valence-electron chi connectivity index (χ1n) is 3.67. The molecule has 1 rings (SSSR count). The third-order valence-electron chi connectivity index (χ3n) is 1.48. The van der Waals surface area contributed by atoms with E-state index in [0.717, 1.165) is 13.2 Å². The van der Waals surface area contributed by atoms with E-state index in [1.54, 1.807) is 0 Å². The Hall–Kier alpha value is 0.139. The zero-order valence-corrected chi connectivity index (χ0v) is 9.75. The molecule has 1 aliphatic rings. The van der Waals surface area contributed by atoms with E-state index >= 15 is 0 Å². The summed E-state index contributed by atoms with van der Waals surface area (Å²) in [5, 5.41) is 3.21. The van der Waals surface area contributed by atoms with E-state index in [1.807, 2.05) is 0 Å². The van der Waals surface area contributed by atoms with Crippen molar-refractivity contribution in [3.8, 4) is 0 Å². The van der Waals surface area contributed by atoms with Crippen LogP contribution in [-0.4, -0.2) is 31.5 Å². The second-order valence-electron chi connectivity index (χ2n) is 3.56. The first kappa shape index (κ1) is 8.24. The maximum atomic E-state index is 5.53. The summed E-state index contributed by atoms with van der Waals surface area (Å²) in [7, 11) is 0. The first-order chi connectivity index (χ1) is 4.61. The summed E-state index contributed by atoms with van der Waals surface area (Å²) in [5.74, 6) is 0. The molecule has 0 amide bonds. The zero-order valence-electron chi connectivity index (χ0n) is 6.90. The molecule has 58 valence electrons. The van der Waals surface area contributed by atoms with Gasteiger partial charge in [0.15, 0.2) is 0 Å². The average Bonchev–Trinajstić information content (AvgIpc) is 1.88. The molecule has 0 bridgehead atoms.